The summed E-state index contributed by atoms with van der Waals surface area (Å²) in [5.74, 6) is -1.34. The van der Waals surface area contributed by atoms with Crippen LogP contribution in [0.3, 0.4) is 0 Å². The van der Waals surface area contributed by atoms with Gasteiger partial charge in [0.2, 0.25) is 5.91 Å². The van der Waals surface area contributed by atoms with Crippen molar-refractivity contribution in [3.63, 3.8) is 0 Å². The van der Waals surface area contributed by atoms with Crippen LogP contribution >= 0.6 is 0 Å². The van der Waals surface area contributed by atoms with Crippen molar-refractivity contribution in [2.24, 2.45) is 0 Å². The maximum Gasteiger partial charge on any atom is 0.326 e. The average Bonchev–Trinajstić information content (AvgIpc) is 2.35. The van der Waals surface area contributed by atoms with Crippen LogP contribution in [0.15, 0.2) is 24.3 Å². The van der Waals surface area contributed by atoms with Crippen molar-refractivity contribution in [3.05, 3.63) is 41.0 Å². The minimum absolute atomic E-state index is 0.324. The highest BCUT2D eigenvalue weighted by molar-refractivity contribution is 5.94. The second-order valence-corrected chi connectivity index (χ2v) is 4.66. The van der Waals surface area contributed by atoms with Gasteiger partial charge in [0, 0.05) is 13.1 Å². The zero-order valence-corrected chi connectivity index (χ0v) is 11.7. The van der Waals surface area contributed by atoms with Crippen molar-refractivity contribution in [3.8, 4) is 0 Å². The van der Waals surface area contributed by atoms with Gasteiger partial charge in [-0.3, -0.25) is 4.79 Å². The molecule has 4 nitrogen and oxygen atoms in total. The van der Waals surface area contributed by atoms with Gasteiger partial charge >= 0.3 is 5.97 Å². The molecule has 4 heteroatoms. The fourth-order valence-electron chi connectivity index (χ4n) is 1.65. The molecule has 0 fully saturated rings. The number of hydrogen-bond donors (Lipinski definition) is 1. The van der Waals surface area contributed by atoms with Crippen molar-refractivity contribution in [1.82, 2.24) is 4.90 Å². The maximum atomic E-state index is 11.8. The number of aliphatic carboxylic acids is 1. The SMILES string of the molecule is Cc1ccc(C=CC(=O)N(C)C(C)C(=O)O)c(C)c1. The summed E-state index contributed by atoms with van der Waals surface area (Å²) >= 11 is 0. The van der Waals surface area contributed by atoms with Gasteiger partial charge in [-0.15, -0.1) is 0 Å². The van der Waals surface area contributed by atoms with Crippen molar-refractivity contribution in [2.75, 3.05) is 7.05 Å². The standard InChI is InChI=1S/C15H19NO3/c1-10-5-6-13(11(2)9-10)7-8-14(17)16(4)12(3)15(18)19/h5-9,12H,1-4H3,(H,18,19). The minimum atomic E-state index is -1.02. The van der Waals surface area contributed by atoms with Gasteiger partial charge in [0.15, 0.2) is 0 Å². The van der Waals surface area contributed by atoms with Gasteiger partial charge in [-0.05, 0) is 38.0 Å². The lowest BCUT2D eigenvalue weighted by Crippen LogP contribution is -2.39. The predicted molar refractivity (Wildman–Crippen MR) is 74.8 cm³/mol. The quantitative estimate of drug-likeness (QED) is 0.846. The monoisotopic (exact) mass is 261 g/mol. The van der Waals surface area contributed by atoms with Gasteiger partial charge in [0.05, 0.1) is 0 Å². The summed E-state index contributed by atoms with van der Waals surface area (Å²) in [5.41, 5.74) is 3.20. The Kier molecular flexibility index (Phi) is 4.87. The number of carboxylic acids is 1. The molecule has 1 aromatic rings. The largest absolute Gasteiger partial charge is 0.480 e. The Labute approximate surface area is 113 Å². The molecule has 1 N–H and O–H groups in total. The van der Waals surface area contributed by atoms with Crippen molar-refractivity contribution in [1.29, 1.82) is 0 Å². The smallest absolute Gasteiger partial charge is 0.326 e. The van der Waals surface area contributed by atoms with E-state index >= 15 is 0 Å². The van der Waals surface area contributed by atoms with Crippen LogP contribution in [-0.2, 0) is 9.59 Å². The van der Waals surface area contributed by atoms with Crippen LogP contribution in [0, 0.1) is 13.8 Å². The molecule has 0 radical (unpaired) electrons. The van der Waals surface area contributed by atoms with Crippen molar-refractivity contribution < 1.29 is 14.7 Å². The molecule has 0 aliphatic heterocycles. The maximum absolute atomic E-state index is 11.8. The van der Waals surface area contributed by atoms with E-state index in [2.05, 4.69) is 0 Å². The van der Waals surface area contributed by atoms with Crippen LogP contribution in [-0.4, -0.2) is 35.0 Å². The number of carboxylic acid groups (broad SMARTS) is 1. The molecule has 0 spiro atoms. The molecule has 102 valence electrons. The van der Waals surface area contributed by atoms with Gasteiger partial charge in [0.25, 0.3) is 0 Å². The minimum Gasteiger partial charge on any atom is -0.480 e. The highest BCUT2D eigenvalue weighted by atomic mass is 16.4. The van der Waals surface area contributed by atoms with Crippen LogP contribution in [0.5, 0.6) is 0 Å². The van der Waals surface area contributed by atoms with E-state index in [4.69, 9.17) is 5.11 Å². The third kappa shape index (κ3) is 3.95. The Balaban J connectivity index is 2.81. The Morgan fingerprint density at radius 2 is 1.95 bits per heavy atom. The molecular formula is C15H19NO3. The molecule has 1 atom stereocenters. The number of aryl methyl sites for hydroxylation is 2. The lowest BCUT2D eigenvalue weighted by atomic mass is 10.1. The molecule has 0 aliphatic rings. The first-order chi connectivity index (χ1) is 8.82. The molecule has 0 heterocycles. The number of hydrogen-bond acceptors (Lipinski definition) is 2. The highest BCUT2D eigenvalue weighted by Crippen LogP contribution is 2.12. The van der Waals surface area contributed by atoms with Gasteiger partial charge in [-0.2, -0.15) is 0 Å². The van der Waals surface area contributed by atoms with Gasteiger partial charge < -0.3 is 10.0 Å². The predicted octanol–water partition coefficient (Wildman–Crippen LogP) is 2.25. The second-order valence-electron chi connectivity index (χ2n) is 4.66. The van der Waals surface area contributed by atoms with Crippen LogP contribution < -0.4 is 0 Å². The normalized spacial score (nSPS) is 12.4. The van der Waals surface area contributed by atoms with Gasteiger partial charge in [0.1, 0.15) is 6.04 Å². The first-order valence-corrected chi connectivity index (χ1v) is 6.08. The molecule has 1 unspecified atom stereocenters. The number of carbonyl (C=O) groups excluding carboxylic acids is 1. The van der Waals surface area contributed by atoms with E-state index < -0.39 is 12.0 Å². The molecule has 19 heavy (non-hydrogen) atoms. The molecule has 1 amide bonds. The molecule has 1 rings (SSSR count). The molecule has 0 aromatic heterocycles. The Morgan fingerprint density at radius 1 is 1.32 bits per heavy atom. The average molecular weight is 261 g/mol. The molecule has 0 saturated heterocycles. The molecule has 0 saturated carbocycles. The van der Waals surface area contributed by atoms with E-state index in [1.165, 1.54) is 24.9 Å². The van der Waals surface area contributed by atoms with E-state index in [9.17, 15) is 9.59 Å². The van der Waals surface area contributed by atoms with E-state index in [1.54, 1.807) is 6.08 Å². The van der Waals surface area contributed by atoms with E-state index in [0.717, 1.165) is 16.7 Å². The van der Waals surface area contributed by atoms with Crippen LogP contribution in [0.25, 0.3) is 6.08 Å². The Bertz CT molecular complexity index is 520. The second kappa shape index (κ2) is 6.18. The summed E-state index contributed by atoms with van der Waals surface area (Å²) in [6.45, 7) is 5.46. The Hall–Kier alpha value is -2.10. The summed E-state index contributed by atoms with van der Waals surface area (Å²) in [7, 11) is 1.48. The van der Waals surface area contributed by atoms with Gasteiger partial charge in [-0.25, -0.2) is 4.79 Å². The summed E-state index contributed by atoms with van der Waals surface area (Å²) < 4.78 is 0. The molecule has 0 bridgehead atoms. The molecular weight excluding hydrogens is 242 g/mol. The fourth-order valence-corrected chi connectivity index (χ4v) is 1.65. The van der Waals surface area contributed by atoms with Crippen LogP contribution in [0.4, 0.5) is 0 Å². The number of nitrogens with zero attached hydrogens (tertiary/aromatic N) is 1. The number of likely N-dealkylation sites (N-methyl/N-ethyl adjacent to an activating group) is 1. The first kappa shape index (κ1) is 15.0. The van der Waals surface area contributed by atoms with E-state index in [1.807, 2.05) is 32.0 Å². The summed E-state index contributed by atoms with van der Waals surface area (Å²) in [6.07, 6.45) is 3.11. The summed E-state index contributed by atoms with van der Waals surface area (Å²) in [5, 5.41) is 8.84. The third-order valence-corrected chi connectivity index (χ3v) is 3.12. The molecule has 1 aromatic carbocycles. The zero-order chi connectivity index (χ0) is 14.6. The van der Waals surface area contributed by atoms with E-state index in [-0.39, 0.29) is 5.91 Å². The van der Waals surface area contributed by atoms with Gasteiger partial charge in [-0.1, -0.05) is 23.8 Å². The lowest BCUT2D eigenvalue weighted by Gasteiger charge is -2.19. The summed E-state index contributed by atoms with van der Waals surface area (Å²) in [4.78, 5) is 23.8. The number of carbonyl (C=O) groups is 2. The third-order valence-electron chi connectivity index (χ3n) is 3.12. The van der Waals surface area contributed by atoms with Crippen LogP contribution in [0.2, 0.25) is 0 Å². The zero-order valence-electron chi connectivity index (χ0n) is 11.7. The first-order valence-electron chi connectivity index (χ1n) is 6.08. The number of benzene rings is 1. The number of rotatable bonds is 4. The Morgan fingerprint density at radius 3 is 2.47 bits per heavy atom. The summed E-state index contributed by atoms with van der Waals surface area (Å²) in [6, 6.07) is 5.11. The van der Waals surface area contributed by atoms with Crippen molar-refractivity contribution in [2.45, 2.75) is 26.8 Å². The van der Waals surface area contributed by atoms with Crippen molar-refractivity contribution >= 4 is 18.0 Å². The topological polar surface area (TPSA) is 57.6 Å². The lowest BCUT2D eigenvalue weighted by molar-refractivity contribution is -0.146. The van der Waals surface area contributed by atoms with Crippen LogP contribution in [0.1, 0.15) is 23.6 Å². The fraction of sp³-hybridized carbons (Fsp3) is 0.333. The number of amides is 1. The van der Waals surface area contributed by atoms with E-state index in [0.29, 0.717) is 0 Å². The highest BCUT2D eigenvalue weighted by Gasteiger charge is 2.19. The molecule has 0 aliphatic carbocycles.